The number of nitrogens with zero attached hydrogens (tertiary/aromatic N) is 2. The van der Waals surface area contributed by atoms with Crippen molar-refractivity contribution in [3.63, 3.8) is 0 Å². The second-order valence-electron chi connectivity index (χ2n) is 7.93. The Bertz CT molecular complexity index is 1110. The number of benzene rings is 2. The van der Waals surface area contributed by atoms with Crippen LogP contribution in [0.5, 0.6) is 0 Å². The second-order valence-corrected chi connectivity index (χ2v) is 11.2. The molecule has 2 amide bonds. The van der Waals surface area contributed by atoms with E-state index in [1.807, 2.05) is 13.8 Å². The zero-order valence-electron chi connectivity index (χ0n) is 19.4. The molecule has 186 valence electrons. The van der Waals surface area contributed by atoms with Gasteiger partial charge in [0.2, 0.25) is 21.8 Å². The molecule has 0 spiro atoms. The highest BCUT2D eigenvalue weighted by Crippen LogP contribution is 2.27. The summed E-state index contributed by atoms with van der Waals surface area (Å²) in [6.45, 7) is 4.80. The van der Waals surface area contributed by atoms with Gasteiger partial charge in [0.05, 0.1) is 11.4 Å². The van der Waals surface area contributed by atoms with Gasteiger partial charge in [0.25, 0.3) is 0 Å². The first-order valence-electron chi connectivity index (χ1n) is 10.6. The lowest BCUT2D eigenvalue weighted by atomic mass is 10.1. The lowest BCUT2D eigenvalue weighted by molar-refractivity contribution is -0.140. The molecule has 0 aliphatic rings. The monoisotopic (exact) mass is 547 g/mol. The number of nitrogens with one attached hydrogen (secondary N) is 1. The van der Waals surface area contributed by atoms with Crippen LogP contribution < -0.4 is 5.32 Å². The van der Waals surface area contributed by atoms with E-state index in [9.17, 15) is 18.0 Å². The Labute approximate surface area is 216 Å². The molecular formula is C23H28Cl3N3O4S. The van der Waals surface area contributed by atoms with Crippen molar-refractivity contribution in [3.8, 4) is 0 Å². The quantitative estimate of drug-likeness (QED) is 0.470. The highest BCUT2D eigenvalue weighted by molar-refractivity contribution is 7.89. The van der Waals surface area contributed by atoms with Crippen LogP contribution in [-0.2, 0) is 26.2 Å². The van der Waals surface area contributed by atoms with Gasteiger partial charge in [-0.1, -0.05) is 47.8 Å². The molecule has 7 nitrogen and oxygen atoms in total. The minimum atomic E-state index is -3.97. The highest BCUT2D eigenvalue weighted by atomic mass is 35.5. The molecule has 2 aromatic carbocycles. The predicted octanol–water partition coefficient (Wildman–Crippen LogP) is 4.60. The SMILES string of the molecule is CCC(C)NC(=O)C(C)N(Cc1c(Cl)cccc1Cl)C(=O)CN(C)S(=O)(=O)c1ccc(Cl)cc1. The van der Waals surface area contributed by atoms with Crippen molar-refractivity contribution in [1.82, 2.24) is 14.5 Å². The van der Waals surface area contributed by atoms with Crippen LogP contribution in [0.25, 0.3) is 0 Å². The van der Waals surface area contributed by atoms with Gasteiger partial charge in [-0.25, -0.2) is 8.42 Å². The minimum absolute atomic E-state index is 0.00420. The van der Waals surface area contributed by atoms with Gasteiger partial charge in [-0.15, -0.1) is 0 Å². The summed E-state index contributed by atoms with van der Waals surface area (Å²) in [4.78, 5) is 27.5. The summed E-state index contributed by atoms with van der Waals surface area (Å²) in [5, 5.41) is 3.91. The Morgan fingerprint density at radius 2 is 1.56 bits per heavy atom. The lowest BCUT2D eigenvalue weighted by Gasteiger charge is -2.31. The number of hydrogen-bond acceptors (Lipinski definition) is 4. The zero-order chi connectivity index (χ0) is 25.6. The molecule has 11 heteroatoms. The average Bonchev–Trinajstić information content (AvgIpc) is 2.78. The van der Waals surface area contributed by atoms with E-state index >= 15 is 0 Å². The van der Waals surface area contributed by atoms with Crippen LogP contribution in [0.1, 0.15) is 32.8 Å². The van der Waals surface area contributed by atoms with Crippen LogP contribution >= 0.6 is 34.8 Å². The van der Waals surface area contributed by atoms with Gasteiger partial charge in [-0.2, -0.15) is 4.31 Å². The Kier molecular flexibility index (Phi) is 10.2. The summed E-state index contributed by atoms with van der Waals surface area (Å²) in [5.41, 5.74) is 0.464. The van der Waals surface area contributed by atoms with Crippen molar-refractivity contribution in [1.29, 1.82) is 0 Å². The third-order valence-corrected chi connectivity index (χ3v) is 8.22. The van der Waals surface area contributed by atoms with E-state index in [4.69, 9.17) is 34.8 Å². The second kappa shape index (κ2) is 12.2. The van der Waals surface area contributed by atoms with E-state index in [1.165, 1.54) is 36.2 Å². The smallest absolute Gasteiger partial charge is 0.243 e. The molecule has 2 aromatic rings. The van der Waals surface area contributed by atoms with Crippen LogP contribution in [0.4, 0.5) is 0 Å². The number of halogens is 3. The van der Waals surface area contributed by atoms with Crippen molar-refractivity contribution in [2.24, 2.45) is 0 Å². The van der Waals surface area contributed by atoms with Gasteiger partial charge in [0, 0.05) is 40.3 Å². The molecule has 0 fully saturated rings. The third-order valence-electron chi connectivity index (χ3n) is 5.44. The molecule has 0 heterocycles. The van der Waals surface area contributed by atoms with E-state index in [0.29, 0.717) is 27.1 Å². The third kappa shape index (κ3) is 7.09. The molecule has 0 radical (unpaired) electrons. The molecule has 2 atom stereocenters. The lowest BCUT2D eigenvalue weighted by Crippen LogP contribution is -2.52. The molecule has 0 aliphatic carbocycles. The summed E-state index contributed by atoms with van der Waals surface area (Å²) >= 11 is 18.5. The predicted molar refractivity (Wildman–Crippen MR) is 136 cm³/mol. The maximum Gasteiger partial charge on any atom is 0.243 e. The summed E-state index contributed by atoms with van der Waals surface area (Å²) < 4.78 is 26.8. The highest BCUT2D eigenvalue weighted by Gasteiger charge is 2.31. The number of carbonyl (C=O) groups excluding carboxylic acids is 2. The number of likely N-dealkylation sites (N-methyl/N-ethyl adjacent to an activating group) is 1. The van der Waals surface area contributed by atoms with Gasteiger partial charge in [0.15, 0.2) is 0 Å². The molecule has 34 heavy (non-hydrogen) atoms. The number of sulfonamides is 1. The Balaban J connectivity index is 2.34. The van der Waals surface area contributed by atoms with Gasteiger partial charge in [0.1, 0.15) is 6.04 Å². The molecule has 0 bridgehead atoms. The normalized spacial score (nSPS) is 13.4. The van der Waals surface area contributed by atoms with Crippen molar-refractivity contribution < 1.29 is 18.0 Å². The van der Waals surface area contributed by atoms with E-state index in [1.54, 1.807) is 25.1 Å². The van der Waals surface area contributed by atoms with E-state index < -0.39 is 28.5 Å². The van der Waals surface area contributed by atoms with Crippen LogP contribution in [0.2, 0.25) is 15.1 Å². The number of hydrogen-bond donors (Lipinski definition) is 1. The fraction of sp³-hybridized carbons (Fsp3) is 0.391. The number of carbonyl (C=O) groups is 2. The van der Waals surface area contributed by atoms with E-state index in [0.717, 1.165) is 4.31 Å². The van der Waals surface area contributed by atoms with Crippen LogP contribution in [0, 0.1) is 0 Å². The van der Waals surface area contributed by atoms with Crippen LogP contribution in [0.15, 0.2) is 47.4 Å². The topological polar surface area (TPSA) is 86.8 Å². The molecule has 0 aromatic heterocycles. The first-order chi connectivity index (χ1) is 15.9. The molecule has 0 saturated carbocycles. The first-order valence-corrected chi connectivity index (χ1v) is 13.2. The zero-order valence-corrected chi connectivity index (χ0v) is 22.5. The Morgan fingerprint density at radius 3 is 2.09 bits per heavy atom. The van der Waals surface area contributed by atoms with Crippen molar-refractivity contribution >= 4 is 56.6 Å². The van der Waals surface area contributed by atoms with Gasteiger partial charge in [-0.3, -0.25) is 9.59 Å². The van der Waals surface area contributed by atoms with Crippen molar-refractivity contribution in [3.05, 3.63) is 63.1 Å². The maximum atomic E-state index is 13.3. The molecule has 1 N–H and O–H groups in total. The molecule has 2 rings (SSSR count). The van der Waals surface area contributed by atoms with Gasteiger partial charge < -0.3 is 10.2 Å². The van der Waals surface area contributed by atoms with Crippen molar-refractivity contribution in [2.75, 3.05) is 13.6 Å². The Hall–Kier alpha value is -1.84. The summed E-state index contributed by atoms with van der Waals surface area (Å²) in [7, 11) is -2.67. The van der Waals surface area contributed by atoms with E-state index in [2.05, 4.69) is 5.32 Å². The van der Waals surface area contributed by atoms with Crippen LogP contribution in [0.3, 0.4) is 0 Å². The number of rotatable bonds is 10. The maximum absolute atomic E-state index is 13.3. The molecule has 0 saturated heterocycles. The standard InChI is InChI=1S/C23H28Cl3N3O4S/c1-5-15(2)27-23(31)16(3)29(13-19-20(25)7-6-8-21(19)26)22(30)14-28(4)34(32,33)18-11-9-17(24)10-12-18/h6-12,15-16H,5,13-14H2,1-4H3,(H,27,31). The fourth-order valence-corrected chi connectivity index (χ4v) is 4.82. The minimum Gasteiger partial charge on any atom is -0.352 e. The molecule has 2 unspecified atom stereocenters. The first kappa shape index (κ1) is 28.4. The molecule has 0 aliphatic heterocycles. The van der Waals surface area contributed by atoms with Gasteiger partial charge in [-0.05, 0) is 56.7 Å². The summed E-state index contributed by atoms with van der Waals surface area (Å²) in [5.74, 6) is -0.947. The average molecular weight is 549 g/mol. The van der Waals surface area contributed by atoms with Gasteiger partial charge >= 0.3 is 0 Å². The number of amides is 2. The summed E-state index contributed by atoms with van der Waals surface area (Å²) in [6, 6.07) is 9.58. The fourth-order valence-electron chi connectivity index (χ4n) is 3.05. The summed E-state index contributed by atoms with van der Waals surface area (Å²) in [6.07, 6.45) is 0.713. The van der Waals surface area contributed by atoms with Crippen molar-refractivity contribution in [2.45, 2.75) is 50.7 Å². The van der Waals surface area contributed by atoms with E-state index in [-0.39, 0.29) is 23.4 Å². The Morgan fingerprint density at radius 1 is 1.00 bits per heavy atom. The van der Waals surface area contributed by atoms with Crippen LogP contribution in [-0.4, -0.2) is 55.1 Å². The largest absolute Gasteiger partial charge is 0.352 e. The molecular weight excluding hydrogens is 521 g/mol.